The number of pyridine rings is 1. The highest BCUT2D eigenvalue weighted by Gasteiger charge is 2.10. The molecule has 0 bridgehead atoms. The normalized spacial score (nSPS) is 9.79. The van der Waals surface area contributed by atoms with E-state index in [1.54, 1.807) is 12.1 Å². The van der Waals surface area contributed by atoms with E-state index in [0.29, 0.717) is 18.0 Å². The van der Waals surface area contributed by atoms with Gasteiger partial charge in [-0.15, -0.1) is 0 Å². The highest BCUT2D eigenvalue weighted by atomic mass is 16.5. The van der Waals surface area contributed by atoms with Gasteiger partial charge in [-0.1, -0.05) is 0 Å². The number of aldehydes is 1. The molecule has 0 spiro atoms. The number of hydrogen-bond acceptors (Lipinski definition) is 7. The molecule has 7 heteroatoms. The van der Waals surface area contributed by atoms with E-state index in [9.17, 15) is 4.79 Å². The molecule has 19 heavy (non-hydrogen) atoms. The highest BCUT2D eigenvalue weighted by molar-refractivity contribution is 5.76. The molecule has 98 valence electrons. The SMILES string of the molecule is COc1cc(OC)nc(Oc2cccnc2C=O)n1. The Morgan fingerprint density at radius 3 is 2.42 bits per heavy atom. The van der Waals surface area contributed by atoms with Crippen LogP contribution in [0.4, 0.5) is 0 Å². The molecule has 0 saturated heterocycles. The minimum absolute atomic E-state index is 0.00676. The average Bonchev–Trinajstić information content (AvgIpc) is 2.47. The van der Waals surface area contributed by atoms with Crippen LogP contribution in [0, 0.1) is 0 Å². The molecule has 0 saturated carbocycles. The number of carbonyl (C=O) groups is 1. The standard InChI is InChI=1S/C12H11N3O4/c1-17-10-6-11(18-2)15-12(14-10)19-9-4-3-5-13-8(9)7-16/h3-7H,1-2H3. The Balaban J connectivity index is 2.34. The maximum atomic E-state index is 10.8. The van der Waals surface area contributed by atoms with Crippen molar-refractivity contribution in [2.75, 3.05) is 14.2 Å². The molecule has 2 aromatic heterocycles. The summed E-state index contributed by atoms with van der Waals surface area (Å²) in [7, 11) is 2.93. The fourth-order valence-corrected chi connectivity index (χ4v) is 1.31. The third-order valence-electron chi connectivity index (χ3n) is 2.19. The molecule has 0 amide bonds. The first-order valence-corrected chi connectivity index (χ1v) is 5.32. The van der Waals surface area contributed by atoms with Crippen LogP contribution in [0.2, 0.25) is 0 Å². The minimum atomic E-state index is 0.00676. The molecular formula is C12H11N3O4. The summed E-state index contributed by atoms with van der Waals surface area (Å²) in [6.07, 6.45) is 2.08. The fraction of sp³-hybridized carbons (Fsp3) is 0.167. The quantitative estimate of drug-likeness (QED) is 0.754. The van der Waals surface area contributed by atoms with Crippen LogP contribution in [0.5, 0.6) is 23.5 Å². The monoisotopic (exact) mass is 261 g/mol. The molecule has 2 rings (SSSR count). The number of hydrogen-bond donors (Lipinski definition) is 0. The Hall–Kier alpha value is -2.70. The Bertz CT molecular complexity index is 567. The van der Waals surface area contributed by atoms with Crippen LogP contribution < -0.4 is 14.2 Å². The maximum absolute atomic E-state index is 10.8. The average molecular weight is 261 g/mol. The van der Waals surface area contributed by atoms with E-state index < -0.39 is 0 Å². The molecule has 0 fully saturated rings. The van der Waals surface area contributed by atoms with Crippen molar-refractivity contribution in [1.82, 2.24) is 15.0 Å². The summed E-state index contributed by atoms with van der Waals surface area (Å²) in [6.45, 7) is 0. The molecule has 0 atom stereocenters. The number of rotatable bonds is 5. The van der Waals surface area contributed by atoms with Gasteiger partial charge in [-0.25, -0.2) is 4.98 Å². The summed E-state index contributed by atoms with van der Waals surface area (Å²) in [5, 5.41) is 0. The Morgan fingerprint density at radius 2 is 1.84 bits per heavy atom. The Labute approximate surface area is 109 Å². The van der Waals surface area contributed by atoms with Gasteiger partial charge in [0.05, 0.1) is 20.3 Å². The van der Waals surface area contributed by atoms with E-state index in [2.05, 4.69) is 15.0 Å². The molecule has 0 aliphatic heterocycles. The minimum Gasteiger partial charge on any atom is -0.481 e. The van der Waals surface area contributed by atoms with E-state index in [0.717, 1.165) is 0 Å². The third-order valence-corrected chi connectivity index (χ3v) is 2.19. The van der Waals surface area contributed by atoms with Gasteiger partial charge >= 0.3 is 6.01 Å². The molecule has 7 nitrogen and oxygen atoms in total. The van der Waals surface area contributed by atoms with Gasteiger partial charge in [0.25, 0.3) is 0 Å². The number of methoxy groups -OCH3 is 2. The first-order chi connectivity index (χ1) is 9.26. The molecule has 0 aromatic carbocycles. The van der Waals surface area contributed by atoms with Crippen molar-refractivity contribution in [2.24, 2.45) is 0 Å². The summed E-state index contributed by atoms with van der Waals surface area (Å²) in [6, 6.07) is 4.75. The van der Waals surface area contributed by atoms with Gasteiger partial charge in [0, 0.05) is 6.20 Å². The summed E-state index contributed by atoms with van der Waals surface area (Å²) in [4.78, 5) is 22.7. The summed E-state index contributed by atoms with van der Waals surface area (Å²) >= 11 is 0. The van der Waals surface area contributed by atoms with Crippen LogP contribution in [0.25, 0.3) is 0 Å². The van der Waals surface area contributed by atoms with Crippen molar-refractivity contribution in [3.63, 3.8) is 0 Å². The topological polar surface area (TPSA) is 83.4 Å². The third kappa shape index (κ3) is 2.95. The van der Waals surface area contributed by atoms with Crippen LogP contribution in [0.3, 0.4) is 0 Å². The van der Waals surface area contributed by atoms with Crippen LogP contribution in [-0.4, -0.2) is 35.5 Å². The van der Waals surface area contributed by atoms with E-state index in [-0.39, 0.29) is 17.5 Å². The van der Waals surface area contributed by atoms with E-state index in [4.69, 9.17) is 14.2 Å². The van der Waals surface area contributed by atoms with Crippen molar-refractivity contribution in [2.45, 2.75) is 0 Å². The lowest BCUT2D eigenvalue weighted by atomic mass is 10.3. The van der Waals surface area contributed by atoms with Crippen LogP contribution in [-0.2, 0) is 0 Å². The van der Waals surface area contributed by atoms with Crippen LogP contribution in [0.15, 0.2) is 24.4 Å². The van der Waals surface area contributed by atoms with Gasteiger partial charge in [-0.3, -0.25) is 4.79 Å². The van der Waals surface area contributed by atoms with E-state index in [1.165, 1.54) is 26.5 Å². The lowest BCUT2D eigenvalue weighted by Crippen LogP contribution is -2.00. The number of carbonyl (C=O) groups excluding carboxylic acids is 1. The van der Waals surface area contributed by atoms with Gasteiger partial charge in [0.15, 0.2) is 12.0 Å². The lowest BCUT2D eigenvalue weighted by molar-refractivity contribution is 0.111. The Kier molecular flexibility index (Phi) is 3.87. The summed E-state index contributed by atoms with van der Waals surface area (Å²) in [5.74, 6) is 0.838. The zero-order valence-corrected chi connectivity index (χ0v) is 10.4. The van der Waals surface area contributed by atoms with Crippen LogP contribution in [0.1, 0.15) is 10.5 Å². The molecule has 0 radical (unpaired) electrons. The second-order valence-electron chi connectivity index (χ2n) is 3.34. The molecule has 0 N–H and O–H groups in total. The van der Waals surface area contributed by atoms with Gasteiger partial charge < -0.3 is 14.2 Å². The zero-order valence-electron chi connectivity index (χ0n) is 10.4. The first-order valence-electron chi connectivity index (χ1n) is 5.32. The second-order valence-corrected chi connectivity index (χ2v) is 3.34. The molecule has 0 aliphatic carbocycles. The molecule has 0 aliphatic rings. The predicted octanol–water partition coefficient (Wildman–Crippen LogP) is 1.49. The van der Waals surface area contributed by atoms with Crippen molar-refractivity contribution >= 4 is 6.29 Å². The predicted molar refractivity (Wildman–Crippen MR) is 64.8 cm³/mol. The molecular weight excluding hydrogens is 250 g/mol. The summed E-state index contributed by atoms with van der Waals surface area (Å²) < 4.78 is 15.4. The second kappa shape index (κ2) is 5.76. The first kappa shape index (κ1) is 12.7. The van der Waals surface area contributed by atoms with Crippen molar-refractivity contribution in [3.05, 3.63) is 30.1 Å². The van der Waals surface area contributed by atoms with E-state index >= 15 is 0 Å². The van der Waals surface area contributed by atoms with Crippen molar-refractivity contribution < 1.29 is 19.0 Å². The van der Waals surface area contributed by atoms with E-state index in [1.807, 2.05) is 0 Å². The number of aromatic nitrogens is 3. The zero-order chi connectivity index (χ0) is 13.7. The maximum Gasteiger partial charge on any atom is 0.328 e. The smallest absolute Gasteiger partial charge is 0.328 e. The van der Waals surface area contributed by atoms with Crippen LogP contribution >= 0.6 is 0 Å². The molecule has 0 unspecified atom stereocenters. The molecule has 2 aromatic rings. The van der Waals surface area contributed by atoms with Crippen molar-refractivity contribution in [3.8, 4) is 23.5 Å². The Morgan fingerprint density at radius 1 is 1.16 bits per heavy atom. The highest BCUT2D eigenvalue weighted by Crippen LogP contribution is 2.24. The molecule has 2 heterocycles. The van der Waals surface area contributed by atoms with Gasteiger partial charge in [-0.2, -0.15) is 9.97 Å². The summed E-state index contributed by atoms with van der Waals surface area (Å²) in [5.41, 5.74) is 0.160. The van der Waals surface area contributed by atoms with Gasteiger partial charge in [0.1, 0.15) is 5.69 Å². The van der Waals surface area contributed by atoms with Gasteiger partial charge in [-0.05, 0) is 12.1 Å². The lowest BCUT2D eigenvalue weighted by Gasteiger charge is -2.08. The fourth-order valence-electron chi connectivity index (χ4n) is 1.31. The number of nitrogens with zero attached hydrogens (tertiary/aromatic N) is 3. The van der Waals surface area contributed by atoms with Gasteiger partial charge in [0.2, 0.25) is 11.8 Å². The number of ether oxygens (including phenoxy) is 3. The van der Waals surface area contributed by atoms with Crippen molar-refractivity contribution in [1.29, 1.82) is 0 Å². The largest absolute Gasteiger partial charge is 0.481 e.